The molecule has 1 saturated heterocycles. The SMILES string of the molecule is Cc1ccc(C)c(NC(=O)C2CC(=O)N(CC(C)C)C2)c1. The third-order valence-corrected chi connectivity index (χ3v) is 3.82. The molecule has 2 amide bonds. The number of carbonyl (C=O) groups is 2. The van der Waals surface area contributed by atoms with Crippen LogP contribution in [-0.2, 0) is 9.59 Å². The van der Waals surface area contributed by atoms with E-state index < -0.39 is 0 Å². The molecule has 1 unspecified atom stereocenters. The molecule has 1 aromatic carbocycles. The Morgan fingerprint density at radius 1 is 1.38 bits per heavy atom. The van der Waals surface area contributed by atoms with E-state index in [4.69, 9.17) is 0 Å². The number of nitrogens with zero attached hydrogens (tertiary/aromatic N) is 1. The normalized spacial score (nSPS) is 18.4. The van der Waals surface area contributed by atoms with Gasteiger partial charge in [0.2, 0.25) is 11.8 Å². The molecule has 0 saturated carbocycles. The Labute approximate surface area is 126 Å². The molecule has 0 radical (unpaired) electrons. The van der Waals surface area contributed by atoms with Gasteiger partial charge in [0.05, 0.1) is 5.92 Å². The Bertz CT molecular complexity index is 552. The van der Waals surface area contributed by atoms with Crippen molar-refractivity contribution < 1.29 is 9.59 Å². The fraction of sp³-hybridized carbons (Fsp3) is 0.529. The van der Waals surface area contributed by atoms with Crippen LogP contribution in [0.15, 0.2) is 18.2 Å². The predicted molar refractivity (Wildman–Crippen MR) is 84.1 cm³/mol. The first kappa shape index (κ1) is 15.5. The zero-order chi connectivity index (χ0) is 15.6. The molecule has 1 heterocycles. The van der Waals surface area contributed by atoms with Crippen LogP contribution >= 0.6 is 0 Å². The molecule has 1 aliphatic rings. The van der Waals surface area contributed by atoms with E-state index in [0.717, 1.165) is 23.4 Å². The molecule has 1 fully saturated rings. The van der Waals surface area contributed by atoms with Crippen LogP contribution in [0.3, 0.4) is 0 Å². The van der Waals surface area contributed by atoms with Crippen LogP contribution in [0.25, 0.3) is 0 Å². The van der Waals surface area contributed by atoms with Gasteiger partial charge in [0.1, 0.15) is 0 Å². The van der Waals surface area contributed by atoms with Crippen LogP contribution in [0.4, 0.5) is 5.69 Å². The molecule has 0 aliphatic carbocycles. The summed E-state index contributed by atoms with van der Waals surface area (Å²) in [4.78, 5) is 26.1. The Hall–Kier alpha value is -1.84. The highest BCUT2D eigenvalue weighted by Crippen LogP contribution is 2.22. The average Bonchev–Trinajstić information content (AvgIpc) is 2.75. The van der Waals surface area contributed by atoms with E-state index >= 15 is 0 Å². The average molecular weight is 288 g/mol. The first-order chi connectivity index (χ1) is 9.86. The molecular formula is C17H24N2O2. The standard InChI is InChI=1S/C17H24N2O2/c1-11(2)9-19-10-14(8-16(19)20)17(21)18-15-7-12(3)5-6-13(15)4/h5-7,11,14H,8-10H2,1-4H3,(H,18,21). The number of likely N-dealkylation sites (tertiary alicyclic amines) is 1. The Balaban J connectivity index is 2.01. The third-order valence-electron chi connectivity index (χ3n) is 3.82. The maximum absolute atomic E-state index is 12.4. The summed E-state index contributed by atoms with van der Waals surface area (Å²) in [5.41, 5.74) is 2.99. The molecule has 1 atom stereocenters. The smallest absolute Gasteiger partial charge is 0.229 e. The van der Waals surface area contributed by atoms with Gasteiger partial charge in [-0.3, -0.25) is 9.59 Å². The quantitative estimate of drug-likeness (QED) is 0.926. The van der Waals surface area contributed by atoms with Gasteiger partial charge in [-0.25, -0.2) is 0 Å². The fourth-order valence-corrected chi connectivity index (χ4v) is 2.67. The van der Waals surface area contributed by atoms with E-state index in [1.165, 1.54) is 0 Å². The highest BCUT2D eigenvalue weighted by molar-refractivity contribution is 5.97. The highest BCUT2D eigenvalue weighted by atomic mass is 16.2. The summed E-state index contributed by atoms with van der Waals surface area (Å²) < 4.78 is 0. The van der Waals surface area contributed by atoms with Gasteiger partial charge in [0.25, 0.3) is 0 Å². The number of nitrogens with one attached hydrogen (secondary N) is 1. The first-order valence-electron chi connectivity index (χ1n) is 7.52. The zero-order valence-electron chi connectivity index (χ0n) is 13.3. The van der Waals surface area contributed by atoms with E-state index in [1.807, 2.05) is 32.0 Å². The minimum absolute atomic E-state index is 0.0525. The second kappa shape index (κ2) is 6.29. The summed E-state index contributed by atoms with van der Waals surface area (Å²) in [6.07, 6.45) is 0.323. The number of anilines is 1. The van der Waals surface area contributed by atoms with Crippen LogP contribution < -0.4 is 5.32 Å². The van der Waals surface area contributed by atoms with Crippen molar-refractivity contribution in [2.75, 3.05) is 18.4 Å². The van der Waals surface area contributed by atoms with E-state index in [0.29, 0.717) is 18.9 Å². The van der Waals surface area contributed by atoms with E-state index in [1.54, 1.807) is 4.90 Å². The number of amides is 2. The Kier molecular flexibility index (Phi) is 4.66. The molecular weight excluding hydrogens is 264 g/mol. The minimum atomic E-state index is -0.240. The van der Waals surface area contributed by atoms with Crippen LogP contribution in [0.5, 0.6) is 0 Å². The van der Waals surface area contributed by atoms with Crippen molar-refractivity contribution >= 4 is 17.5 Å². The van der Waals surface area contributed by atoms with Gasteiger partial charge in [0.15, 0.2) is 0 Å². The number of aryl methyl sites for hydroxylation is 2. The maximum atomic E-state index is 12.4. The van der Waals surface area contributed by atoms with Crippen LogP contribution in [0, 0.1) is 25.7 Å². The van der Waals surface area contributed by atoms with Gasteiger partial charge in [-0.15, -0.1) is 0 Å². The molecule has 21 heavy (non-hydrogen) atoms. The van der Waals surface area contributed by atoms with E-state index in [-0.39, 0.29) is 17.7 Å². The van der Waals surface area contributed by atoms with Crippen molar-refractivity contribution in [1.29, 1.82) is 0 Å². The van der Waals surface area contributed by atoms with Crippen molar-refractivity contribution in [2.24, 2.45) is 11.8 Å². The van der Waals surface area contributed by atoms with Gasteiger partial charge >= 0.3 is 0 Å². The molecule has 4 nitrogen and oxygen atoms in total. The topological polar surface area (TPSA) is 49.4 Å². The summed E-state index contributed by atoms with van der Waals surface area (Å²) in [6, 6.07) is 5.99. The third kappa shape index (κ3) is 3.84. The number of hydrogen-bond acceptors (Lipinski definition) is 2. The second-order valence-corrected chi connectivity index (χ2v) is 6.40. The van der Waals surface area contributed by atoms with E-state index in [2.05, 4.69) is 19.2 Å². The molecule has 114 valence electrons. The van der Waals surface area contributed by atoms with E-state index in [9.17, 15) is 9.59 Å². The van der Waals surface area contributed by atoms with Crippen molar-refractivity contribution in [3.8, 4) is 0 Å². The van der Waals surface area contributed by atoms with Gasteiger partial charge in [-0.05, 0) is 37.0 Å². The lowest BCUT2D eigenvalue weighted by Gasteiger charge is -2.19. The minimum Gasteiger partial charge on any atom is -0.342 e. The van der Waals surface area contributed by atoms with Crippen molar-refractivity contribution in [1.82, 2.24) is 4.90 Å². The lowest BCUT2D eigenvalue weighted by atomic mass is 10.1. The number of hydrogen-bond donors (Lipinski definition) is 1. The van der Waals surface area contributed by atoms with Crippen LogP contribution in [0.1, 0.15) is 31.4 Å². The van der Waals surface area contributed by atoms with Crippen molar-refractivity contribution in [3.05, 3.63) is 29.3 Å². The summed E-state index contributed by atoms with van der Waals surface area (Å²) in [7, 11) is 0. The summed E-state index contributed by atoms with van der Waals surface area (Å²) in [6.45, 7) is 9.39. The van der Waals surface area contributed by atoms with Gasteiger partial charge in [-0.1, -0.05) is 26.0 Å². The monoisotopic (exact) mass is 288 g/mol. The van der Waals surface area contributed by atoms with Crippen LogP contribution in [-0.4, -0.2) is 29.8 Å². The molecule has 0 bridgehead atoms. The zero-order valence-corrected chi connectivity index (χ0v) is 13.3. The number of benzene rings is 1. The maximum Gasteiger partial charge on any atom is 0.229 e. The van der Waals surface area contributed by atoms with Crippen molar-refractivity contribution in [2.45, 2.75) is 34.1 Å². The molecule has 2 rings (SSSR count). The van der Waals surface area contributed by atoms with Gasteiger partial charge in [0, 0.05) is 25.2 Å². The Morgan fingerprint density at radius 2 is 2.10 bits per heavy atom. The molecule has 0 spiro atoms. The molecule has 0 aromatic heterocycles. The summed E-state index contributed by atoms with van der Waals surface area (Å²) in [5, 5.41) is 2.97. The number of rotatable bonds is 4. The highest BCUT2D eigenvalue weighted by Gasteiger charge is 2.34. The summed E-state index contributed by atoms with van der Waals surface area (Å²) >= 11 is 0. The Morgan fingerprint density at radius 3 is 2.76 bits per heavy atom. The number of carbonyl (C=O) groups excluding carboxylic acids is 2. The van der Waals surface area contributed by atoms with Gasteiger partial charge in [-0.2, -0.15) is 0 Å². The lowest BCUT2D eigenvalue weighted by molar-refractivity contribution is -0.128. The van der Waals surface area contributed by atoms with Crippen molar-refractivity contribution in [3.63, 3.8) is 0 Å². The van der Waals surface area contributed by atoms with Crippen LogP contribution in [0.2, 0.25) is 0 Å². The molecule has 1 aliphatic heterocycles. The lowest BCUT2D eigenvalue weighted by Crippen LogP contribution is -2.31. The summed E-state index contributed by atoms with van der Waals surface area (Å²) in [5.74, 6) is 0.221. The predicted octanol–water partition coefficient (Wildman–Crippen LogP) is 2.75. The largest absolute Gasteiger partial charge is 0.342 e. The van der Waals surface area contributed by atoms with Gasteiger partial charge < -0.3 is 10.2 Å². The second-order valence-electron chi connectivity index (χ2n) is 6.40. The molecule has 1 aromatic rings. The molecule has 4 heteroatoms. The first-order valence-corrected chi connectivity index (χ1v) is 7.52. The fourth-order valence-electron chi connectivity index (χ4n) is 2.67. The molecule has 1 N–H and O–H groups in total.